The molecule has 0 saturated carbocycles. The van der Waals surface area contributed by atoms with E-state index in [0.717, 1.165) is 21.6 Å². The lowest BCUT2D eigenvalue weighted by molar-refractivity contribution is -0.140. The van der Waals surface area contributed by atoms with E-state index < -0.39 is 36.8 Å². The highest BCUT2D eigenvalue weighted by molar-refractivity contribution is 8.26. The summed E-state index contributed by atoms with van der Waals surface area (Å²) in [6.45, 7) is -1.15. The van der Waals surface area contributed by atoms with Crippen LogP contribution in [0.2, 0.25) is 0 Å². The van der Waals surface area contributed by atoms with Gasteiger partial charge in [-0.2, -0.15) is 0 Å². The van der Waals surface area contributed by atoms with Crippen molar-refractivity contribution in [1.82, 2.24) is 4.90 Å². The SMILES string of the molecule is O=C(O)CN1C(=O)/C(=C2/C(=O)N(CC(=O)O)c3ccccc32)SC1=S. The van der Waals surface area contributed by atoms with Crippen LogP contribution in [0.15, 0.2) is 29.2 Å². The molecule has 10 heteroatoms. The molecule has 2 aliphatic rings. The summed E-state index contributed by atoms with van der Waals surface area (Å²) in [5, 5.41) is 17.9. The number of carboxylic acid groups (broad SMARTS) is 2. The second-order valence-corrected chi connectivity index (χ2v) is 6.80. The van der Waals surface area contributed by atoms with E-state index in [0.29, 0.717) is 11.3 Å². The van der Waals surface area contributed by atoms with Gasteiger partial charge in [0.1, 0.15) is 17.4 Å². The number of anilines is 1. The summed E-state index contributed by atoms with van der Waals surface area (Å²) in [6, 6.07) is 6.50. The third kappa shape index (κ3) is 2.89. The standard InChI is InChI=1S/C15H10N2O6S2/c18-9(19)5-16-8-4-2-1-3-7(8)11(13(16)22)12-14(23)17(6-10(20)21)15(24)25-12/h1-4H,5-6H2,(H,18,19)(H,20,21)/b12-11-. The van der Waals surface area contributed by atoms with Crippen molar-refractivity contribution in [2.24, 2.45) is 0 Å². The number of rotatable bonds is 4. The molecule has 0 aliphatic carbocycles. The number of nitrogens with zero attached hydrogens (tertiary/aromatic N) is 2. The summed E-state index contributed by atoms with van der Waals surface area (Å²) in [6.07, 6.45) is 0. The number of hydrogen-bond donors (Lipinski definition) is 2. The Kier molecular flexibility index (Phi) is 4.31. The summed E-state index contributed by atoms with van der Waals surface area (Å²) in [7, 11) is 0. The normalized spacial score (nSPS) is 19.6. The van der Waals surface area contributed by atoms with E-state index in [4.69, 9.17) is 22.4 Å². The second-order valence-electron chi connectivity index (χ2n) is 5.16. The molecule has 1 fully saturated rings. The molecule has 0 spiro atoms. The monoisotopic (exact) mass is 378 g/mol. The average molecular weight is 378 g/mol. The van der Waals surface area contributed by atoms with Crippen LogP contribution in [0, 0.1) is 0 Å². The van der Waals surface area contributed by atoms with E-state index in [1.165, 1.54) is 0 Å². The Morgan fingerprint density at radius 2 is 1.60 bits per heavy atom. The Morgan fingerprint density at radius 3 is 2.24 bits per heavy atom. The van der Waals surface area contributed by atoms with Crippen LogP contribution in [0.5, 0.6) is 0 Å². The Balaban J connectivity index is 2.11. The summed E-state index contributed by atoms with van der Waals surface area (Å²) >= 11 is 5.88. The lowest BCUT2D eigenvalue weighted by Crippen LogP contribution is -2.34. The first-order valence-corrected chi connectivity index (χ1v) is 8.16. The van der Waals surface area contributed by atoms with Crippen molar-refractivity contribution in [3.63, 3.8) is 0 Å². The van der Waals surface area contributed by atoms with Crippen LogP contribution in [0.3, 0.4) is 0 Å². The van der Waals surface area contributed by atoms with Crippen LogP contribution in [0.4, 0.5) is 5.69 Å². The molecule has 3 rings (SSSR count). The minimum absolute atomic E-state index is 0.0107. The van der Waals surface area contributed by atoms with E-state index in [-0.39, 0.29) is 14.8 Å². The molecular formula is C15H10N2O6S2. The van der Waals surface area contributed by atoms with E-state index >= 15 is 0 Å². The van der Waals surface area contributed by atoms with Gasteiger partial charge in [0, 0.05) is 5.56 Å². The van der Waals surface area contributed by atoms with Gasteiger partial charge in [0.25, 0.3) is 11.8 Å². The number of carbonyl (C=O) groups excluding carboxylic acids is 2. The molecule has 2 aliphatic heterocycles. The van der Waals surface area contributed by atoms with Crippen molar-refractivity contribution >= 4 is 63.3 Å². The van der Waals surface area contributed by atoms with Gasteiger partial charge in [-0.25, -0.2) is 0 Å². The van der Waals surface area contributed by atoms with Crippen LogP contribution in [0.1, 0.15) is 5.56 Å². The van der Waals surface area contributed by atoms with Crippen molar-refractivity contribution < 1.29 is 29.4 Å². The number of thiocarbonyl (C=S) groups is 1. The number of benzene rings is 1. The van der Waals surface area contributed by atoms with Gasteiger partial charge in [0.05, 0.1) is 16.2 Å². The van der Waals surface area contributed by atoms with Crippen LogP contribution < -0.4 is 4.90 Å². The fourth-order valence-electron chi connectivity index (χ4n) is 2.61. The molecule has 0 bridgehead atoms. The first-order chi connectivity index (χ1) is 11.8. The largest absolute Gasteiger partial charge is 0.480 e. The fraction of sp³-hybridized carbons (Fsp3) is 0.133. The second kappa shape index (κ2) is 6.30. The average Bonchev–Trinajstić information content (AvgIpc) is 2.96. The minimum atomic E-state index is -1.23. The van der Waals surface area contributed by atoms with Gasteiger partial charge in [0.15, 0.2) is 0 Å². The third-order valence-corrected chi connectivity index (χ3v) is 5.03. The van der Waals surface area contributed by atoms with Crippen molar-refractivity contribution in [2.75, 3.05) is 18.0 Å². The smallest absolute Gasteiger partial charge is 0.323 e. The number of hydrogen-bond acceptors (Lipinski definition) is 6. The number of carboxylic acids is 2. The van der Waals surface area contributed by atoms with Crippen LogP contribution in [-0.2, 0) is 19.2 Å². The molecule has 128 valence electrons. The van der Waals surface area contributed by atoms with Gasteiger partial charge in [-0.1, -0.05) is 42.2 Å². The van der Waals surface area contributed by atoms with E-state index in [1.54, 1.807) is 24.3 Å². The zero-order valence-corrected chi connectivity index (χ0v) is 14.1. The predicted molar refractivity (Wildman–Crippen MR) is 92.9 cm³/mol. The van der Waals surface area contributed by atoms with Crippen LogP contribution in [0.25, 0.3) is 5.57 Å². The van der Waals surface area contributed by atoms with Crippen LogP contribution >= 0.6 is 24.0 Å². The van der Waals surface area contributed by atoms with Gasteiger partial charge in [0.2, 0.25) is 0 Å². The predicted octanol–water partition coefficient (Wildman–Crippen LogP) is 0.774. The number of thioether (sulfide) groups is 1. The van der Waals surface area contributed by atoms with Crippen LogP contribution in [-0.4, -0.2) is 56.3 Å². The zero-order valence-electron chi connectivity index (χ0n) is 12.5. The van der Waals surface area contributed by atoms with Crippen molar-refractivity contribution in [2.45, 2.75) is 0 Å². The first-order valence-electron chi connectivity index (χ1n) is 6.94. The first kappa shape index (κ1) is 17.1. The lowest BCUT2D eigenvalue weighted by atomic mass is 10.1. The minimum Gasteiger partial charge on any atom is -0.480 e. The highest BCUT2D eigenvalue weighted by Gasteiger charge is 2.42. The molecular weight excluding hydrogens is 368 g/mol. The van der Waals surface area contributed by atoms with E-state index in [9.17, 15) is 19.2 Å². The summed E-state index contributed by atoms with van der Waals surface area (Å²) < 4.78 is 0.0388. The molecule has 0 atom stereocenters. The Hall–Kier alpha value is -2.72. The Morgan fingerprint density at radius 1 is 1.00 bits per heavy atom. The molecule has 1 aromatic rings. The van der Waals surface area contributed by atoms with Gasteiger partial charge in [-0.3, -0.25) is 29.0 Å². The number of amides is 2. The van der Waals surface area contributed by atoms with E-state index in [1.807, 2.05) is 0 Å². The molecule has 8 nitrogen and oxygen atoms in total. The molecule has 0 aromatic heterocycles. The molecule has 2 heterocycles. The molecule has 0 unspecified atom stereocenters. The summed E-state index contributed by atoms with van der Waals surface area (Å²) in [5.41, 5.74) is 0.847. The third-order valence-electron chi connectivity index (χ3n) is 3.59. The highest BCUT2D eigenvalue weighted by Crippen LogP contribution is 2.44. The number of fused-ring (bicyclic) bond motifs is 1. The molecule has 1 aromatic carbocycles. The topological polar surface area (TPSA) is 115 Å². The lowest BCUT2D eigenvalue weighted by Gasteiger charge is -2.13. The van der Waals surface area contributed by atoms with Crippen molar-refractivity contribution in [1.29, 1.82) is 0 Å². The molecule has 2 N–H and O–H groups in total. The maximum Gasteiger partial charge on any atom is 0.323 e. The summed E-state index contributed by atoms with van der Waals surface area (Å²) in [4.78, 5) is 49.2. The zero-order chi connectivity index (χ0) is 18.3. The molecule has 2 amide bonds. The molecule has 0 radical (unpaired) electrons. The molecule has 1 saturated heterocycles. The number of para-hydroxylation sites is 1. The quantitative estimate of drug-likeness (QED) is 0.583. The van der Waals surface area contributed by atoms with Crippen molar-refractivity contribution in [3.8, 4) is 0 Å². The highest BCUT2D eigenvalue weighted by atomic mass is 32.2. The summed E-state index contributed by atoms with van der Waals surface area (Å²) in [5.74, 6) is -3.72. The maximum absolute atomic E-state index is 12.7. The number of carbonyl (C=O) groups is 4. The Labute approximate surface area is 150 Å². The van der Waals surface area contributed by atoms with Crippen molar-refractivity contribution in [3.05, 3.63) is 34.7 Å². The fourth-order valence-corrected chi connectivity index (χ4v) is 3.94. The number of aliphatic carboxylic acids is 2. The molecule has 25 heavy (non-hydrogen) atoms. The van der Waals surface area contributed by atoms with Gasteiger partial charge in [-0.05, 0) is 6.07 Å². The van der Waals surface area contributed by atoms with Gasteiger partial charge in [-0.15, -0.1) is 0 Å². The van der Waals surface area contributed by atoms with Gasteiger partial charge < -0.3 is 10.2 Å². The van der Waals surface area contributed by atoms with Gasteiger partial charge >= 0.3 is 11.9 Å². The van der Waals surface area contributed by atoms with E-state index in [2.05, 4.69) is 0 Å². The Bertz CT molecular complexity index is 879. The maximum atomic E-state index is 12.7.